The van der Waals surface area contributed by atoms with Gasteiger partial charge in [0.05, 0.1) is 5.69 Å². The molecule has 2 aliphatic heterocycles. The summed E-state index contributed by atoms with van der Waals surface area (Å²) in [7, 11) is 0. The van der Waals surface area contributed by atoms with Gasteiger partial charge in [-0.05, 0) is 120 Å². The summed E-state index contributed by atoms with van der Waals surface area (Å²) in [6.45, 7) is 14.0. The van der Waals surface area contributed by atoms with E-state index < -0.39 is 0 Å². The summed E-state index contributed by atoms with van der Waals surface area (Å²) >= 11 is 0. The molecular weight excluding hydrogens is 848 g/mol. The molecule has 11 aromatic rings. The molecule has 0 radical (unpaired) electrons. The van der Waals surface area contributed by atoms with Gasteiger partial charge in [-0.2, -0.15) is 0 Å². The van der Waals surface area contributed by atoms with Crippen LogP contribution in [0.2, 0.25) is 0 Å². The smallest absolute Gasteiger partial charge is 0.252 e. The molecule has 10 aromatic carbocycles. The van der Waals surface area contributed by atoms with Gasteiger partial charge in [0.2, 0.25) is 0 Å². The van der Waals surface area contributed by atoms with E-state index in [2.05, 4.69) is 258 Å². The number of rotatable bonds is 5. The van der Waals surface area contributed by atoms with E-state index in [-0.39, 0.29) is 17.5 Å². The number of nitrogens with zero attached hydrogens (tertiary/aromatic N) is 2. The fourth-order valence-electron chi connectivity index (χ4n) is 11.4. The molecule has 4 heteroatoms. The van der Waals surface area contributed by atoms with Gasteiger partial charge in [-0.25, -0.2) is 0 Å². The van der Waals surface area contributed by atoms with E-state index >= 15 is 0 Å². The molecule has 2 aliphatic rings. The molecule has 0 saturated carbocycles. The van der Waals surface area contributed by atoms with Crippen LogP contribution in [0.15, 0.2) is 217 Å². The highest BCUT2D eigenvalue weighted by Gasteiger charge is 2.45. The molecule has 70 heavy (non-hydrogen) atoms. The SMILES string of the molecule is CC(C)(C)c1ccc2c(c1)N(c1ccc(-c3cccc4c3oc3ccccc34)cc1)c1cc(C(C)(C)C)cc3c1B2c1cc(-c2ccccc2)ccc1N3c1ccc(-c2ccccc2)c2ccccc12. The summed E-state index contributed by atoms with van der Waals surface area (Å²) < 4.78 is 6.56. The van der Waals surface area contributed by atoms with E-state index in [1.807, 2.05) is 6.07 Å². The Balaban J connectivity index is 1.09. The van der Waals surface area contributed by atoms with Crippen LogP contribution in [0.1, 0.15) is 52.7 Å². The first-order valence-electron chi connectivity index (χ1n) is 24.7. The zero-order chi connectivity index (χ0) is 47.5. The van der Waals surface area contributed by atoms with Crippen molar-refractivity contribution in [1.29, 1.82) is 0 Å². The Hall–Kier alpha value is -8.08. The van der Waals surface area contributed by atoms with Gasteiger partial charge in [0.1, 0.15) is 11.2 Å². The number of fused-ring (bicyclic) bond motifs is 8. The van der Waals surface area contributed by atoms with Crippen LogP contribution in [0, 0.1) is 0 Å². The minimum absolute atomic E-state index is 0.0333. The number of furan rings is 1. The minimum Gasteiger partial charge on any atom is -0.455 e. The third kappa shape index (κ3) is 6.65. The molecule has 0 saturated heterocycles. The Morgan fingerprint density at radius 3 is 1.67 bits per heavy atom. The average Bonchev–Trinajstić information content (AvgIpc) is 3.77. The topological polar surface area (TPSA) is 19.6 Å². The molecule has 3 heterocycles. The fourth-order valence-corrected chi connectivity index (χ4v) is 11.4. The zero-order valence-corrected chi connectivity index (χ0v) is 40.6. The molecule has 0 amide bonds. The lowest BCUT2D eigenvalue weighted by molar-refractivity contribution is 0.590. The van der Waals surface area contributed by atoms with Gasteiger partial charge in [-0.1, -0.05) is 205 Å². The monoisotopic (exact) mass is 900 g/mol. The van der Waals surface area contributed by atoms with Crippen molar-refractivity contribution in [2.75, 3.05) is 9.80 Å². The largest absolute Gasteiger partial charge is 0.455 e. The van der Waals surface area contributed by atoms with Gasteiger partial charge in [-0.15, -0.1) is 0 Å². The number of benzene rings is 10. The Kier molecular flexibility index (Phi) is 9.45. The Morgan fingerprint density at radius 1 is 0.357 bits per heavy atom. The van der Waals surface area contributed by atoms with E-state index in [1.165, 1.54) is 89.0 Å². The van der Waals surface area contributed by atoms with Crippen LogP contribution in [0.4, 0.5) is 34.1 Å². The van der Waals surface area contributed by atoms with Crippen LogP contribution in [0.5, 0.6) is 0 Å². The summed E-state index contributed by atoms with van der Waals surface area (Å²) in [4.78, 5) is 5.16. The molecule has 1 aromatic heterocycles. The Morgan fingerprint density at radius 2 is 0.943 bits per heavy atom. The molecule has 0 N–H and O–H groups in total. The van der Waals surface area contributed by atoms with Crippen molar-refractivity contribution >= 4 is 89.9 Å². The van der Waals surface area contributed by atoms with E-state index in [0.29, 0.717) is 0 Å². The van der Waals surface area contributed by atoms with Crippen LogP contribution < -0.4 is 26.2 Å². The van der Waals surface area contributed by atoms with Gasteiger partial charge >= 0.3 is 0 Å². The second-order valence-corrected chi connectivity index (χ2v) is 21.3. The molecule has 3 nitrogen and oxygen atoms in total. The van der Waals surface area contributed by atoms with E-state index in [1.54, 1.807) is 0 Å². The molecule has 0 unspecified atom stereocenters. The van der Waals surface area contributed by atoms with E-state index in [4.69, 9.17) is 4.42 Å². The molecule has 0 aliphatic carbocycles. The average molecular weight is 901 g/mol. The molecule has 336 valence electrons. The van der Waals surface area contributed by atoms with Crippen LogP contribution >= 0.6 is 0 Å². The highest BCUT2D eigenvalue weighted by molar-refractivity contribution is 7.00. The maximum atomic E-state index is 6.56. The third-order valence-corrected chi connectivity index (χ3v) is 15.0. The first kappa shape index (κ1) is 42.1. The summed E-state index contributed by atoms with van der Waals surface area (Å²) in [5, 5.41) is 4.72. The summed E-state index contributed by atoms with van der Waals surface area (Å²) in [5.41, 5.74) is 22.3. The lowest BCUT2D eigenvalue weighted by Crippen LogP contribution is -2.61. The molecule has 0 bridgehead atoms. The first-order chi connectivity index (χ1) is 34.0. The van der Waals surface area contributed by atoms with Gasteiger partial charge in [0.15, 0.2) is 0 Å². The normalized spacial score (nSPS) is 13.2. The second-order valence-electron chi connectivity index (χ2n) is 21.3. The number of hydrogen-bond acceptors (Lipinski definition) is 3. The molecule has 0 fully saturated rings. The molecule has 0 atom stereocenters. The number of hydrogen-bond donors (Lipinski definition) is 0. The predicted octanol–water partition coefficient (Wildman–Crippen LogP) is 16.4. The van der Waals surface area contributed by atoms with E-state index in [9.17, 15) is 0 Å². The zero-order valence-electron chi connectivity index (χ0n) is 40.6. The summed E-state index contributed by atoms with van der Waals surface area (Å²) in [6, 6.07) is 78.9. The lowest BCUT2D eigenvalue weighted by atomic mass is 9.33. The van der Waals surface area contributed by atoms with Crippen molar-refractivity contribution in [1.82, 2.24) is 0 Å². The number of para-hydroxylation sites is 2. The van der Waals surface area contributed by atoms with Crippen LogP contribution in [-0.4, -0.2) is 6.71 Å². The first-order valence-corrected chi connectivity index (χ1v) is 24.7. The van der Waals surface area contributed by atoms with Crippen molar-refractivity contribution in [3.63, 3.8) is 0 Å². The lowest BCUT2D eigenvalue weighted by Gasteiger charge is -2.45. The van der Waals surface area contributed by atoms with Crippen molar-refractivity contribution in [2.24, 2.45) is 0 Å². The van der Waals surface area contributed by atoms with Crippen LogP contribution in [-0.2, 0) is 10.8 Å². The number of anilines is 6. The maximum Gasteiger partial charge on any atom is 0.252 e. The van der Waals surface area contributed by atoms with Gasteiger partial charge < -0.3 is 14.2 Å². The van der Waals surface area contributed by atoms with Crippen molar-refractivity contribution < 1.29 is 4.42 Å². The third-order valence-electron chi connectivity index (χ3n) is 15.0. The standard InChI is InChI=1S/C66H53BN2O/c1-65(2,3)46-31-35-55-59(39-46)68(48-32-28-44(29-33-48)50-25-17-26-54-53-24-15-16-27-62(53)70-64(50)54)60-40-47(66(4,5)6)41-61-63(60)67(55)56-38-45(42-18-9-7-10-19-42)30-36-58(56)69(61)57-37-34-49(43-20-11-8-12-21-43)51-22-13-14-23-52(51)57/h7-41H,1-6H3. The van der Waals surface area contributed by atoms with Crippen molar-refractivity contribution in [3.8, 4) is 33.4 Å². The minimum atomic E-state index is -0.155. The summed E-state index contributed by atoms with van der Waals surface area (Å²) in [5.74, 6) is 0. The van der Waals surface area contributed by atoms with Crippen molar-refractivity contribution in [2.45, 2.75) is 52.4 Å². The predicted molar refractivity (Wildman–Crippen MR) is 299 cm³/mol. The highest BCUT2D eigenvalue weighted by Crippen LogP contribution is 2.49. The Bertz CT molecular complexity index is 3860. The Labute approximate surface area is 411 Å². The van der Waals surface area contributed by atoms with Gasteiger partial charge in [-0.3, -0.25) is 0 Å². The quantitative estimate of drug-likeness (QED) is 0.161. The molecule has 13 rings (SSSR count). The fraction of sp³-hybridized carbons (Fsp3) is 0.121. The van der Waals surface area contributed by atoms with Crippen LogP contribution in [0.3, 0.4) is 0 Å². The molecular formula is C66H53BN2O. The summed E-state index contributed by atoms with van der Waals surface area (Å²) in [6.07, 6.45) is 0. The second kappa shape index (κ2) is 15.7. The maximum absolute atomic E-state index is 6.56. The molecule has 0 spiro atoms. The highest BCUT2D eigenvalue weighted by atomic mass is 16.3. The van der Waals surface area contributed by atoms with Gasteiger partial charge in [0, 0.05) is 50.2 Å². The van der Waals surface area contributed by atoms with Gasteiger partial charge in [0.25, 0.3) is 6.71 Å². The van der Waals surface area contributed by atoms with E-state index in [0.717, 1.165) is 38.8 Å². The van der Waals surface area contributed by atoms with Crippen molar-refractivity contribution in [3.05, 3.63) is 223 Å². The van der Waals surface area contributed by atoms with Crippen LogP contribution in [0.25, 0.3) is 66.1 Å².